The molecule has 2 aromatic rings. The average molecular weight is 291 g/mol. The lowest BCUT2D eigenvalue weighted by Gasteiger charge is -2.06. The van der Waals surface area contributed by atoms with Crippen molar-refractivity contribution in [2.75, 3.05) is 10.6 Å². The summed E-state index contributed by atoms with van der Waals surface area (Å²) in [5, 5.41) is 6.17. The predicted molar refractivity (Wildman–Crippen MR) is 82.0 cm³/mol. The van der Waals surface area contributed by atoms with E-state index >= 15 is 0 Å². The molecule has 6 heteroatoms. The van der Waals surface area contributed by atoms with Gasteiger partial charge in [-0.3, -0.25) is 9.59 Å². The van der Waals surface area contributed by atoms with Crippen LogP contribution in [0.15, 0.2) is 18.2 Å². The van der Waals surface area contributed by atoms with Gasteiger partial charge >= 0.3 is 0 Å². The molecule has 2 N–H and O–H groups in total. The molecule has 2 amide bonds. The van der Waals surface area contributed by atoms with Crippen LogP contribution in [0.5, 0.6) is 0 Å². The molecule has 106 valence electrons. The fourth-order valence-corrected chi connectivity index (χ4v) is 2.47. The Balaban J connectivity index is 2.21. The smallest absolute Gasteiger partial charge is 0.226 e. The van der Waals surface area contributed by atoms with Gasteiger partial charge in [-0.15, -0.1) is 0 Å². The van der Waals surface area contributed by atoms with Crippen LogP contribution in [0.3, 0.4) is 0 Å². The Bertz CT molecular complexity index is 649. The first-order valence-corrected chi connectivity index (χ1v) is 7.32. The first kappa shape index (κ1) is 14.5. The minimum absolute atomic E-state index is 0.0200. The second-order valence-electron chi connectivity index (χ2n) is 4.75. The van der Waals surface area contributed by atoms with Crippen molar-refractivity contribution in [2.45, 2.75) is 27.2 Å². The molecule has 0 unspecified atom stereocenters. The van der Waals surface area contributed by atoms with Gasteiger partial charge in [0.2, 0.25) is 11.8 Å². The molecule has 0 aliphatic heterocycles. The predicted octanol–water partition coefficient (Wildman–Crippen LogP) is 3.24. The molecule has 0 bridgehead atoms. The number of aromatic nitrogens is 1. The SMILES string of the molecule is CCC(=O)Nc1nc2ccc(NC(=O)C(C)C)cc2s1. The van der Waals surface area contributed by atoms with E-state index < -0.39 is 0 Å². The normalized spacial score (nSPS) is 10.8. The molecule has 1 aromatic heterocycles. The van der Waals surface area contributed by atoms with E-state index in [-0.39, 0.29) is 17.7 Å². The zero-order valence-electron chi connectivity index (χ0n) is 11.7. The van der Waals surface area contributed by atoms with Crippen LogP contribution in [0.4, 0.5) is 10.8 Å². The fourth-order valence-electron chi connectivity index (χ4n) is 1.55. The number of benzene rings is 1. The van der Waals surface area contributed by atoms with Crippen molar-refractivity contribution in [1.29, 1.82) is 0 Å². The minimum atomic E-state index is -0.0634. The number of thiazole rings is 1. The number of nitrogens with zero attached hydrogens (tertiary/aromatic N) is 1. The Morgan fingerprint density at radius 2 is 2.05 bits per heavy atom. The van der Waals surface area contributed by atoms with Crippen LogP contribution in [-0.2, 0) is 9.59 Å². The first-order chi connectivity index (χ1) is 9.49. The minimum Gasteiger partial charge on any atom is -0.326 e. The van der Waals surface area contributed by atoms with Gasteiger partial charge in [-0.1, -0.05) is 32.1 Å². The third-order valence-corrected chi connectivity index (χ3v) is 3.68. The molecular weight excluding hydrogens is 274 g/mol. The van der Waals surface area contributed by atoms with Crippen LogP contribution in [0.1, 0.15) is 27.2 Å². The van der Waals surface area contributed by atoms with Gasteiger partial charge in [0, 0.05) is 18.0 Å². The summed E-state index contributed by atoms with van der Waals surface area (Å²) in [5.74, 6) is -0.141. The van der Waals surface area contributed by atoms with E-state index in [1.54, 1.807) is 6.92 Å². The highest BCUT2D eigenvalue weighted by Gasteiger charge is 2.10. The van der Waals surface area contributed by atoms with E-state index in [9.17, 15) is 9.59 Å². The number of anilines is 2. The van der Waals surface area contributed by atoms with Crippen molar-refractivity contribution in [2.24, 2.45) is 5.92 Å². The zero-order valence-corrected chi connectivity index (χ0v) is 12.5. The molecular formula is C14H17N3O2S. The summed E-state index contributed by atoms with van der Waals surface area (Å²) in [5.41, 5.74) is 1.55. The lowest BCUT2D eigenvalue weighted by atomic mass is 10.2. The molecule has 0 fully saturated rings. The van der Waals surface area contributed by atoms with Gasteiger partial charge < -0.3 is 10.6 Å². The monoisotopic (exact) mass is 291 g/mol. The van der Waals surface area contributed by atoms with E-state index in [0.29, 0.717) is 11.6 Å². The maximum atomic E-state index is 11.7. The van der Waals surface area contributed by atoms with E-state index in [1.165, 1.54) is 11.3 Å². The van der Waals surface area contributed by atoms with Gasteiger partial charge in [0.25, 0.3) is 0 Å². The number of nitrogens with one attached hydrogen (secondary N) is 2. The number of carbonyl (C=O) groups excluding carboxylic acids is 2. The number of amides is 2. The summed E-state index contributed by atoms with van der Waals surface area (Å²) in [7, 11) is 0. The molecule has 1 heterocycles. The average Bonchev–Trinajstić information content (AvgIpc) is 2.79. The van der Waals surface area contributed by atoms with Crippen molar-refractivity contribution < 1.29 is 9.59 Å². The van der Waals surface area contributed by atoms with Gasteiger partial charge in [-0.2, -0.15) is 0 Å². The summed E-state index contributed by atoms with van der Waals surface area (Å²) in [6, 6.07) is 5.52. The number of fused-ring (bicyclic) bond motifs is 1. The van der Waals surface area contributed by atoms with Crippen LogP contribution in [-0.4, -0.2) is 16.8 Å². The molecule has 0 aliphatic carbocycles. The summed E-state index contributed by atoms with van der Waals surface area (Å²) in [6.07, 6.45) is 0.422. The number of hydrogen-bond acceptors (Lipinski definition) is 4. The topological polar surface area (TPSA) is 71.1 Å². The fraction of sp³-hybridized carbons (Fsp3) is 0.357. The third kappa shape index (κ3) is 3.33. The number of rotatable bonds is 4. The maximum absolute atomic E-state index is 11.7. The quantitative estimate of drug-likeness (QED) is 0.908. The summed E-state index contributed by atoms with van der Waals surface area (Å²) in [6.45, 7) is 5.49. The second-order valence-corrected chi connectivity index (χ2v) is 5.78. The van der Waals surface area contributed by atoms with Crippen molar-refractivity contribution in [3.63, 3.8) is 0 Å². The lowest BCUT2D eigenvalue weighted by Crippen LogP contribution is -2.17. The summed E-state index contributed by atoms with van der Waals surface area (Å²) >= 11 is 1.40. The van der Waals surface area contributed by atoms with Gasteiger partial charge in [-0.05, 0) is 18.2 Å². The molecule has 0 saturated heterocycles. The highest BCUT2D eigenvalue weighted by molar-refractivity contribution is 7.22. The van der Waals surface area contributed by atoms with E-state index in [4.69, 9.17) is 0 Å². The Labute approximate surface area is 121 Å². The number of carbonyl (C=O) groups is 2. The third-order valence-electron chi connectivity index (χ3n) is 2.75. The van der Waals surface area contributed by atoms with Crippen molar-refractivity contribution >= 4 is 44.2 Å². The molecule has 2 rings (SSSR count). The Hall–Kier alpha value is -1.95. The van der Waals surface area contributed by atoms with Gasteiger partial charge in [-0.25, -0.2) is 4.98 Å². The van der Waals surface area contributed by atoms with Crippen LogP contribution in [0, 0.1) is 5.92 Å². The molecule has 5 nitrogen and oxygen atoms in total. The first-order valence-electron chi connectivity index (χ1n) is 6.51. The molecule has 1 aromatic carbocycles. The second kappa shape index (κ2) is 6.00. The van der Waals surface area contributed by atoms with Crippen LogP contribution in [0.25, 0.3) is 10.2 Å². The van der Waals surface area contributed by atoms with Gasteiger partial charge in [0.05, 0.1) is 10.2 Å². The molecule has 0 aliphatic rings. The largest absolute Gasteiger partial charge is 0.326 e. The summed E-state index contributed by atoms with van der Waals surface area (Å²) < 4.78 is 0.929. The van der Waals surface area contributed by atoms with Crippen LogP contribution < -0.4 is 10.6 Å². The molecule has 0 atom stereocenters. The van der Waals surface area contributed by atoms with E-state index in [1.807, 2.05) is 32.0 Å². The summed E-state index contributed by atoms with van der Waals surface area (Å²) in [4.78, 5) is 27.3. The highest BCUT2D eigenvalue weighted by Crippen LogP contribution is 2.28. The van der Waals surface area contributed by atoms with Crippen molar-refractivity contribution in [3.05, 3.63) is 18.2 Å². The van der Waals surface area contributed by atoms with E-state index in [0.717, 1.165) is 15.9 Å². The van der Waals surface area contributed by atoms with Crippen molar-refractivity contribution in [1.82, 2.24) is 4.98 Å². The zero-order chi connectivity index (χ0) is 14.7. The number of hydrogen-bond donors (Lipinski definition) is 2. The van der Waals surface area contributed by atoms with Crippen molar-refractivity contribution in [3.8, 4) is 0 Å². The van der Waals surface area contributed by atoms with E-state index in [2.05, 4.69) is 15.6 Å². The Morgan fingerprint density at radius 3 is 2.70 bits per heavy atom. The maximum Gasteiger partial charge on any atom is 0.226 e. The molecule has 0 radical (unpaired) electrons. The Morgan fingerprint density at radius 1 is 1.30 bits per heavy atom. The van der Waals surface area contributed by atoms with Crippen LogP contribution in [0.2, 0.25) is 0 Å². The molecule has 20 heavy (non-hydrogen) atoms. The highest BCUT2D eigenvalue weighted by atomic mass is 32.1. The molecule has 0 spiro atoms. The Kier molecular flexibility index (Phi) is 4.34. The van der Waals surface area contributed by atoms with Gasteiger partial charge in [0.15, 0.2) is 5.13 Å². The lowest BCUT2D eigenvalue weighted by molar-refractivity contribution is -0.119. The standard InChI is InChI=1S/C14H17N3O2S/c1-4-12(18)17-14-16-10-6-5-9(7-11(10)20-14)15-13(19)8(2)3/h5-8H,4H2,1-3H3,(H,15,19)(H,16,17,18). The van der Waals surface area contributed by atoms with Crippen LogP contribution >= 0.6 is 11.3 Å². The van der Waals surface area contributed by atoms with Gasteiger partial charge in [0.1, 0.15) is 0 Å². The molecule has 0 saturated carbocycles.